The van der Waals surface area contributed by atoms with Crippen molar-refractivity contribution >= 4 is 11.9 Å². The van der Waals surface area contributed by atoms with Crippen molar-refractivity contribution in [3.63, 3.8) is 0 Å². The quantitative estimate of drug-likeness (QED) is 0.0411. The minimum atomic E-state index is -0.965. The summed E-state index contributed by atoms with van der Waals surface area (Å²) in [5, 5.41) is 8.96. The molecule has 6 aromatic rings. The Morgan fingerprint density at radius 3 is 1.35 bits per heavy atom. The number of halogens is 4. The fourth-order valence-electron chi connectivity index (χ4n) is 5.98. The molecule has 0 atom stereocenters. The highest BCUT2D eigenvalue weighted by molar-refractivity contribution is 5.92. The number of aryl methyl sites for hydroxylation is 2. The van der Waals surface area contributed by atoms with Crippen LogP contribution in [0.25, 0.3) is 22.3 Å². The molecule has 0 aromatic heterocycles. The summed E-state index contributed by atoms with van der Waals surface area (Å²) >= 11 is 0. The summed E-state index contributed by atoms with van der Waals surface area (Å²) in [5.74, 6) is -2.35. The van der Waals surface area contributed by atoms with Crippen molar-refractivity contribution in [2.75, 3.05) is 0 Å². The summed E-state index contributed by atoms with van der Waals surface area (Å²) in [6.07, 6.45) is 8.59. The van der Waals surface area contributed by atoms with Gasteiger partial charge in [0.15, 0.2) is 0 Å². The number of terminal acetylenes is 1. The molecule has 0 saturated carbocycles. The van der Waals surface area contributed by atoms with Crippen LogP contribution in [0.4, 0.5) is 17.6 Å². The molecule has 9 heteroatoms. The first-order valence-corrected chi connectivity index (χ1v) is 17.3. The van der Waals surface area contributed by atoms with Crippen LogP contribution in [0.3, 0.4) is 0 Å². The van der Waals surface area contributed by atoms with Gasteiger partial charge in [0, 0.05) is 28.8 Å². The van der Waals surface area contributed by atoms with Crippen LogP contribution in [0.5, 0.6) is 11.5 Å². The first-order valence-electron chi connectivity index (χ1n) is 17.3. The van der Waals surface area contributed by atoms with Crippen LogP contribution in [0.15, 0.2) is 121 Å². The molecule has 5 nitrogen and oxygen atoms in total. The van der Waals surface area contributed by atoms with Gasteiger partial charge in [0.2, 0.25) is 0 Å². The van der Waals surface area contributed by atoms with Gasteiger partial charge in [0.25, 0.3) is 0 Å². The van der Waals surface area contributed by atoms with E-state index in [1.165, 1.54) is 48.5 Å². The van der Waals surface area contributed by atoms with Gasteiger partial charge < -0.3 is 9.47 Å². The van der Waals surface area contributed by atoms with Crippen LogP contribution in [-0.2, 0) is 12.8 Å². The Kier molecular flexibility index (Phi) is 11.8. The second-order valence-electron chi connectivity index (χ2n) is 12.7. The molecule has 0 fully saturated rings. The van der Waals surface area contributed by atoms with E-state index in [1.54, 1.807) is 60.7 Å². The first kappa shape index (κ1) is 37.8. The molecule has 0 saturated heterocycles. The number of ether oxygens (including phenoxy) is 2. The highest BCUT2D eigenvalue weighted by Crippen LogP contribution is 2.29. The highest BCUT2D eigenvalue weighted by atomic mass is 19.1. The van der Waals surface area contributed by atoms with Crippen molar-refractivity contribution in [2.45, 2.75) is 32.1 Å². The first-order chi connectivity index (χ1) is 26.6. The lowest BCUT2D eigenvalue weighted by atomic mass is 10.0. The summed E-state index contributed by atoms with van der Waals surface area (Å²) in [6.45, 7) is 0. The topological polar surface area (TPSA) is 76.4 Å². The van der Waals surface area contributed by atoms with Gasteiger partial charge >= 0.3 is 11.9 Å². The van der Waals surface area contributed by atoms with Crippen LogP contribution in [0.1, 0.15) is 62.2 Å². The van der Waals surface area contributed by atoms with Gasteiger partial charge in [-0.1, -0.05) is 48.7 Å². The number of nitriles is 1. The van der Waals surface area contributed by atoms with E-state index in [9.17, 15) is 27.2 Å². The number of hydrogen-bond donors (Lipinski definition) is 0. The molecule has 272 valence electrons. The molecule has 0 N–H and O–H groups in total. The molecule has 55 heavy (non-hydrogen) atoms. The van der Waals surface area contributed by atoms with E-state index in [-0.39, 0.29) is 28.2 Å². The second-order valence-corrected chi connectivity index (χ2v) is 12.7. The Bertz CT molecular complexity index is 2290. The van der Waals surface area contributed by atoms with Gasteiger partial charge in [-0.15, -0.1) is 6.42 Å². The average Bonchev–Trinajstić information content (AvgIpc) is 3.18. The zero-order chi connectivity index (χ0) is 38.9. The van der Waals surface area contributed by atoms with E-state index in [4.69, 9.17) is 21.2 Å². The van der Waals surface area contributed by atoms with Gasteiger partial charge in [-0.05, 0) is 121 Å². The molecule has 0 unspecified atom stereocenters. The number of esters is 2. The van der Waals surface area contributed by atoms with Crippen LogP contribution in [-0.4, -0.2) is 11.9 Å². The maximum atomic E-state index is 14.9. The zero-order valence-corrected chi connectivity index (χ0v) is 29.3. The molecule has 0 aliphatic rings. The molecular weight excluding hydrogens is 707 g/mol. The van der Waals surface area contributed by atoms with Crippen molar-refractivity contribution < 1.29 is 36.6 Å². The number of carbonyl (C=O) groups excluding carboxylic acids is 2. The predicted octanol–water partition coefficient (Wildman–Crippen LogP) is 10.8. The van der Waals surface area contributed by atoms with Gasteiger partial charge in [-0.3, -0.25) is 0 Å². The van der Waals surface area contributed by atoms with E-state index in [0.717, 1.165) is 18.6 Å². The van der Waals surface area contributed by atoms with E-state index in [2.05, 4.69) is 5.92 Å². The third kappa shape index (κ3) is 9.34. The normalized spacial score (nSPS) is 10.7. The van der Waals surface area contributed by atoms with Gasteiger partial charge in [-0.25, -0.2) is 27.2 Å². The van der Waals surface area contributed by atoms with Crippen molar-refractivity contribution in [3.8, 4) is 52.2 Å². The molecule has 6 rings (SSSR count). The fraction of sp³-hybridized carbons (Fsp3) is 0.109. The van der Waals surface area contributed by atoms with Crippen LogP contribution in [0.2, 0.25) is 0 Å². The summed E-state index contributed by atoms with van der Waals surface area (Å²) in [7, 11) is 0. The Morgan fingerprint density at radius 1 is 0.527 bits per heavy atom. The fourth-order valence-corrected chi connectivity index (χ4v) is 5.98. The maximum absolute atomic E-state index is 14.9. The maximum Gasteiger partial charge on any atom is 0.346 e. The second kappa shape index (κ2) is 17.2. The van der Waals surface area contributed by atoms with Crippen molar-refractivity contribution in [2.24, 2.45) is 0 Å². The van der Waals surface area contributed by atoms with E-state index in [1.807, 2.05) is 6.07 Å². The molecule has 0 radical (unpaired) electrons. The molecule has 0 heterocycles. The molecule has 6 aromatic carbocycles. The Balaban J connectivity index is 0.954. The third-order valence-electron chi connectivity index (χ3n) is 8.93. The smallest absolute Gasteiger partial charge is 0.346 e. The highest BCUT2D eigenvalue weighted by Gasteiger charge is 2.18. The monoisotopic (exact) mass is 737 g/mol. The van der Waals surface area contributed by atoms with Crippen LogP contribution in [0, 0.1) is 46.9 Å². The molecular formula is C46H31F4NO4. The molecule has 0 amide bonds. The number of rotatable bonds is 12. The van der Waals surface area contributed by atoms with Crippen LogP contribution < -0.4 is 9.47 Å². The molecule has 0 bridgehead atoms. The number of benzene rings is 6. The lowest BCUT2D eigenvalue weighted by Crippen LogP contribution is -2.11. The number of hydrogen-bond acceptors (Lipinski definition) is 5. The minimum absolute atomic E-state index is 0.0653. The standard InChI is InChI=1S/C46H31F4NO4/c1-2-29-8-14-33(15-9-29)37-22-18-35(26-43(37)49)54-45(52)39-20-12-30(24-41(39)47)6-4-3-5-7-31-13-21-40(42(48)25-31)46(53)55-36-19-23-38(44(50)27-36)34-16-10-32(28-51)11-17-34/h1,8-27H,3-7H2. The van der Waals surface area contributed by atoms with E-state index in [0.29, 0.717) is 64.6 Å². The SMILES string of the molecule is C#Cc1ccc(-c2ccc(OC(=O)c3ccc(CCCCCc4ccc(C(=O)Oc5ccc(-c6ccc(C#N)cc6)c(F)c5)c(F)c4)cc3F)cc2F)cc1. The minimum Gasteiger partial charge on any atom is -0.423 e. The number of carbonyl (C=O) groups is 2. The Morgan fingerprint density at radius 2 is 0.964 bits per heavy atom. The van der Waals surface area contributed by atoms with Gasteiger partial charge in [-0.2, -0.15) is 5.26 Å². The van der Waals surface area contributed by atoms with Gasteiger partial charge in [0.1, 0.15) is 34.8 Å². The van der Waals surface area contributed by atoms with E-state index < -0.39 is 35.2 Å². The van der Waals surface area contributed by atoms with Crippen molar-refractivity contribution in [1.82, 2.24) is 0 Å². The average molecular weight is 738 g/mol. The van der Waals surface area contributed by atoms with Crippen LogP contribution >= 0.6 is 0 Å². The number of unbranched alkanes of at least 4 members (excludes halogenated alkanes) is 2. The molecule has 0 aliphatic heterocycles. The molecule has 0 spiro atoms. The Hall–Kier alpha value is -6.97. The molecule has 0 aliphatic carbocycles. The summed E-state index contributed by atoms with van der Waals surface area (Å²) in [4.78, 5) is 25.4. The van der Waals surface area contributed by atoms with Gasteiger partial charge in [0.05, 0.1) is 22.8 Å². The summed E-state index contributed by atoms with van der Waals surface area (Å²) in [5.41, 5.74) is 3.57. The Labute approximate surface area is 315 Å². The number of nitrogens with zero attached hydrogens (tertiary/aromatic N) is 1. The lowest BCUT2D eigenvalue weighted by Gasteiger charge is -2.10. The summed E-state index contributed by atoms with van der Waals surface area (Å²) < 4.78 is 69.9. The largest absolute Gasteiger partial charge is 0.423 e. The zero-order valence-electron chi connectivity index (χ0n) is 29.3. The van der Waals surface area contributed by atoms with Crippen molar-refractivity contribution in [3.05, 3.63) is 178 Å². The summed E-state index contributed by atoms with van der Waals surface area (Å²) in [6, 6.07) is 31.4. The predicted molar refractivity (Wildman–Crippen MR) is 200 cm³/mol. The van der Waals surface area contributed by atoms with Crippen molar-refractivity contribution in [1.29, 1.82) is 5.26 Å². The third-order valence-corrected chi connectivity index (χ3v) is 8.93. The lowest BCUT2D eigenvalue weighted by molar-refractivity contribution is 0.0719. The van der Waals surface area contributed by atoms with E-state index >= 15 is 0 Å².